The van der Waals surface area contributed by atoms with Crippen LogP contribution in [0.5, 0.6) is 0 Å². The van der Waals surface area contributed by atoms with Crippen LogP contribution in [0, 0.1) is 5.92 Å². The number of amides is 2. The first kappa shape index (κ1) is 9.32. The standard InChI is InChI=1S/C8H16N2O2/c1-7(2)4-10-6-12-5-9(3)8(10)11/h7H,4-6H2,1-3H3. The first-order valence-corrected chi connectivity index (χ1v) is 4.19. The zero-order valence-corrected chi connectivity index (χ0v) is 7.91. The third-order valence-corrected chi connectivity index (χ3v) is 1.71. The molecule has 4 nitrogen and oxygen atoms in total. The molecule has 0 aromatic heterocycles. The molecule has 12 heavy (non-hydrogen) atoms. The summed E-state index contributed by atoms with van der Waals surface area (Å²) in [5, 5.41) is 0. The van der Waals surface area contributed by atoms with Crippen molar-refractivity contribution in [2.24, 2.45) is 5.92 Å². The Morgan fingerprint density at radius 1 is 1.50 bits per heavy atom. The highest BCUT2D eigenvalue weighted by Gasteiger charge is 2.23. The molecule has 1 rings (SSSR count). The van der Waals surface area contributed by atoms with Crippen molar-refractivity contribution >= 4 is 6.03 Å². The quantitative estimate of drug-likeness (QED) is 0.621. The summed E-state index contributed by atoms with van der Waals surface area (Å²) in [6.07, 6.45) is 0. The molecule has 0 N–H and O–H groups in total. The Kier molecular flexibility index (Phi) is 2.92. The molecule has 1 heterocycles. The van der Waals surface area contributed by atoms with Gasteiger partial charge in [0, 0.05) is 13.6 Å². The monoisotopic (exact) mass is 172 g/mol. The van der Waals surface area contributed by atoms with Gasteiger partial charge in [0.2, 0.25) is 0 Å². The van der Waals surface area contributed by atoms with E-state index in [0.717, 1.165) is 6.54 Å². The lowest BCUT2D eigenvalue weighted by Crippen LogP contribution is -2.49. The molecular formula is C8H16N2O2. The van der Waals surface area contributed by atoms with Gasteiger partial charge in [-0.1, -0.05) is 13.8 Å². The van der Waals surface area contributed by atoms with Crippen LogP contribution in [0.1, 0.15) is 13.8 Å². The number of urea groups is 1. The topological polar surface area (TPSA) is 32.8 Å². The first-order valence-electron chi connectivity index (χ1n) is 4.19. The van der Waals surface area contributed by atoms with Gasteiger partial charge in [0.25, 0.3) is 0 Å². The number of rotatable bonds is 2. The maximum atomic E-state index is 11.4. The van der Waals surface area contributed by atoms with Crippen LogP contribution in [-0.4, -0.2) is 42.9 Å². The number of hydrogen-bond donors (Lipinski definition) is 0. The summed E-state index contributed by atoms with van der Waals surface area (Å²) < 4.78 is 5.20. The van der Waals surface area contributed by atoms with Crippen molar-refractivity contribution in [1.82, 2.24) is 9.80 Å². The lowest BCUT2D eigenvalue weighted by molar-refractivity contribution is -0.0460. The Morgan fingerprint density at radius 2 is 2.17 bits per heavy atom. The summed E-state index contributed by atoms with van der Waals surface area (Å²) in [6, 6.07) is 0.0648. The minimum absolute atomic E-state index is 0.0648. The lowest BCUT2D eigenvalue weighted by Gasteiger charge is -2.33. The predicted octanol–water partition coefficient (Wildman–Crippen LogP) is 0.941. The highest BCUT2D eigenvalue weighted by molar-refractivity contribution is 5.74. The van der Waals surface area contributed by atoms with E-state index in [1.165, 1.54) is 0 Å². The molecule has 0 aromatic carbocycles. The number of carbonyl (C=O) groups is 1. The summed E-state index contributed by atoms with van der Waals surface area (Å²) in [5.74, 6) is 0.490. The van der Waals surface area contributed by atoms with E-state index in [0.29, 0.717) is 19.4 Å². The highest BCUT2D eigenvalue weighted by Crippen LogP contribution is 2.07. The highest BCUT2D eigenvalue weighted by atomic mass is 16.5. The van der Waals surface area contributed by atoms with E-state index in [1.807, 2.05) is 0 Å². The summed E-state index contributed by atoms with van der Waals surface area (Å²) >= 11 is 0. The molecule has 70 valence electrons. The Labute approximate surface area is 73.1 Å². The minimum Gasteiger partial charge on any atom is -0.341 e. The van der Waals surface area contributed by atoms with Crippen LogP contribution in [0.15, 0.2) is 0 Å². The minimum atomic E-state index is 0.0648. The van der Waals surface area contributed by atoms with Gasteiger partial charge < -0.3 is 14.5 Å². The van der Waals surface area contributed by atoms with Gasteiger partial charge in [0.1, 0.15) is 13.5 Å². The lowest BCUT2D eigenvalue weighted by atomic mass is 10.2. The van der Waals surface area contributed by atoms with Crippen molar-refractivity contribution in [2.75, 3.05) is 27.1 Å². The van der Waals surface area contributed by atoms with Gasteiger partial charge in [-0.05, 0) is 5.92 Å². The normalized spacial score (nSPS) is 19.2. The van der Waals surface area contributed by atoms with Crippen LogP contribution in [0.4, 0.5) is 4.79 Å². The number of nitrogens with zero attached hydrogens (tertiary/aromatic N) is 2. The van der Waals surface area contributed by atoms with Gasteiger partial charge in [-0.3, -0.25) is 0 Å². The molecule has 1 aliphatic heterocycles. The molecule has 0 saturated carbocycles. The van der Waals surface area contributed by atoms with Crippen LogP contribution < -0.4 is 0 Å². The molecule has 1 aliphatic rings. The van der Waals surface area contributed by atoms with Crippen LogP contribution in [0.2, 0.25) is 0 Å². The van der Waals surface area contributed by atoms with Crippen LogP contribution in [0.25, 0.3) is 0 Å². The smallest absolute Gasteiger partial charge is 0.323 e. The predicted molar refractivity (Wildman–Crippen MR) is 45.5 cm³/mol. The molecule has 0 aromatic rings. The molecule has 0 aliphatic carbocycles. The Morgan fingerprint density at radius 3 is 2.75 bits per heavy atom. The second-order valence-corrected chi connectivity index (χ2v) is 3.56. The van der Waals surface area contributed by atoms with Crippen LogP contribution in [0.3, 0.4) is 0 Å². The third-order valence-electron chi connectivity index (χ3n) is 1.71. The zero-order chi connectivity index (χ0) is 9.14. The molecule has 1 fully saturated rings. The summed E-state index contributed by atoms with van der Waals surface area (Å²) in [4.78, 5) is 14.7. The van der Waals surface area contributed by atoms with Crippen molar-refractivity contribution in [3.8, 4) is 0 Å². The second-order valence-electron chi connectivity index (χ2n) is 3.56. The van der Waals surface area contributed by atoms with E-state index >= 15 is 0 Å². The summed E-state index contributed by atoms with van der Waals surface area (Å²) in [7, 11) is 1.74. The van der Waals surface area contributed by atoms with E-state index in [4.69, 9.17) is 4.74 Å². The van der Waals surface area contributed by atoms with Crippen molar-refractivity contribution in [3.63, 3.8) is 0 Å². The van der Waals surface area contributed by atoms with Gasteiger partial charge in [0.05, 0.1) is 0 Å². The van der Waals surface area contributed by atoms with Gasteiger partial charge >= 0.3 is 6.03 Å². The molecule has 2 amide bonds. The fourth-order valence-corrected chi connectivity index (χ4v) is 1.21. The SMILES string of the molecule is CC(C)CN1COCN(C)C1=O. The van der Waals surface area contributed by atoms with Gasteiger partial charge in [-0.15, -0.1) is 0 Å². The van der Waals surface area contributed by atoms with E-state index in [2.05, 4.69) is 13.8 Å². The first-order chi connectivity index (χ1) is 5.61. The number of carbonyl (C=O) groups excluding carboxylic acids is 1. The molecule has 0 spiro atoms. The molecule has 0 radical (unpaired) electrons. The Bertz CT molecular complexity index is 170. The Balaban J connectivity index is 2.46. The van der Waals surface area contributed by atoms with E-state index < -0.39 is 0 Å². The van der Waals surface area contributed by atoms with E-state index in [9.17, 15) is 4.79 Å². The third kappa shape index (κ3) is 2.11. The summed E-state index contributed by atoms with van der Waals surface area (Å²) in [6.45, 7) is 5.78. The fraction of sp³-hybridized carbons (Fsp3) is 0.875. The average molecular weight is 172 g/mol. The largest absolute Gasteiger partial charge is 0.341 e. The summed E-state index contributed by atoms with van der Waals surface area (Å²) in [5.41, 5.74) is 0. The zero-order valence-electron chi connectivity index (χ0n) is 7.91. The maximum absolute atomic E-state index is 11.4. The molecule has 1 saturated heterocycles. The van der Waals surface area contributed by atoms with Crippen molar-refractivity contribution in [2.45, 2.75) is 13.8 Å². The fourth-order valence-electron chi connectivity index (χ4n) is 1.21. The number of ether oxygens (including phenoxy) is 1. The average Bonchev–Trinajstić information content (AvgIpc) is 1.98. The molecule has 0 atom stereocenters. The molecule has 0 unspecified atom stereocenters. The maximum Gasteiger partial charge on any atom is 0.323 e. The van der Waals surface area contributed by atoms with Gasteiger partial charge in [0.15, 0.2) is 0 Å². The van der Waals surface area contributed by atoms with Crippen LogP contribution >= 0.6 is 0 Å². The van der Waals surface area contributed by atoms with Crippen molar-refractivity contribution in [3.05, 3.63) is 0 Å². The van der Waals surface area contributed by atoms with E-state index in [1.54, 1.807) is 16.8 Å². The second kappa shape index (κ2) is 3.76. The van der Waals surface area contributed by atoms with Gasteiger partial charge in [-0.25, -0.2) is 4.79 Å². The van der Waals surface area contributed by atoms with Gasteiger partial charge in [-0.2, -0.15) is 0 Å². The number of hydrogen-bond acceptors (Lipinski definition) is 2. The van der Waals surface area contributed by atoms with Crippen LogP contribution in [-0.2, 0) is 4.74 Å². The van der Waals surface area contributed by atoms with Crippen molar-refractivity contribution in [1.29, 1.82) is 0 Å². The van der Waals surface area contributed by atoms with E-state index in [-0.39, 0.29) is 6.03 Å². The molecule has 4 heteroatoms. The Hall–Kier alpha value is -0.770. The molecule has 0 bridgehead atoms. The molecular weight excluding hydrogens is 156 g/mol. The van der Waals surface area contributed by atoms with Crippen molar-refractivity contribution < 1.29 is 9.53 Å².